The smallest absolute Gasteiger partial charge is 0.310 e. The van der Waals surface area contributed by atoms with Gasteiger partial charge < -0.3 is 14.8 Å². The highest BCUT2D eigenvalue weighted by Crippen LogP contribution is 2.32. The van der Waals surface area contributed by atoms with Crippen molar-refractivity contribution in [1.29, 1.82) is 0 Å². The molecule has 1 aromatic rings. The van der Waals surface area contributed by atoms with Crippen LogP contribution in [0.2, 0.25) is 0 Å². The summed E-state index contributed by atoms with van der Waals surface area (Å²) in [6, 6.07) is 7.93. The number of carbonyl (C=O) groups is 1. The van der Waals surface area contributed by atoms with E-state index in [-0.39, 0.29) is 30.2 Å². The van der Waals surface area contributed by atoms with E-state index in [9.17, 15) is 4.79 Å². The van der Waals surface area contributed by atoms with Gasteiger partial charge in [0.25, 0.3) is 0 Å². The van der Waals surface area contributed by atoms with Crippen LogP contribution in [0.25, 0.3) is 0 Å². The molecule has 1 aliphatic rings. The molecule has 1 aromatic carbocycles. The van der Waals surface area contributed by atoms with Gasteiger partial charge in [0.15, 0.2) is 0 Å². The zero-order chi connectivity index (χ0) is 13.0. The van der Waals surface area contributed by atoms with E-state index in [4.69, 9.17) is 9.47 Å². The van der Waals surface area contributed by atoms with Crippen LogP contribution in [-0.2, 0) is 9.53 Å². The second-order valence-corrected chi connectivity index (χ2v) is 4.51. The van der Waals surface area contributed by atoms with Crippen LogP contribution in [0.3, 0.4) is 0 Å². The van der Waals surface area contributed by atoms with Crippen LogP contribution < -0.4 is 10.1 Å². The van der Waals surface area contributed by atoms with Crippen LogP contribution in [0.1, 0.15) is 17.9 Å². The number of benzene rings is 1. The minimum Gasteiger partial charge on any atom is -0.497 e. The lowest BCUT2D eigenvalue weighted by molar-refractivity contribution is -0.146. The molecule has 0 aromatic heterocycles. The summed E-state index contributed by atoms with van der Waals surface area (Å²) in [7, 11) is 3.10. The normalized spacial score (nSPS) is 22.2. The number of esters is 1. The molecule has 0 radical (unpaired) electrons. The number of nitrogens with one attached hydrogen (secondary N) is 1. The first-order valence-electron chi connectivity index (χ1n) is 6.18. The average Bonchev–Trinajstić information content (AvgIpc) is 2.46. The standard InChI is InChI=1S/C14H19NO3.ClH/c1-17-11-5-3-4-10(8-11)12-6-7-15-9-13(12)14(16)18-2;/h3-5,8,12-13,15H,6-7,9H2,1-2H3;1H. The molecule has 0 amide bonds. The van der Waals surface area contributed by atoms with Crippen molar-refractivity contribution in [2.24, 2.45) is 5.92 Å². The van der Waals surface area contributed by atoms with Gasteiger partial charge in [-0.3, -0.25) is 4.79 Å². The summed E-state index contributed by atoms with van der Waals surface area (Å²) in [6.07, 6.45) is 0.937. The fraction of sp³-hybridized carbons (Fsp3) is 0.500. The zero-order valence-electron chi connectivity index (χ0n) is 11.2. The first-order valence-corrected chi connectivity index (χ1v) is 6.18. The average molecular weight is 286 g/mol. The SMILES string of the molecule is COC(=O)C1CNCCC1c1cccc(OC)c1.Cl. The van der Waals surface area contributed by atoms with Crippen molar-refractivity contribution in [3.63, 3.8) is 0 Å². The van der Waals surface area contributed by atoms with Crippen molar-refractivity contribution in [2.75, 3.05) is 27.3 Å². The first kappa shape index (κ1) is 15.8. The van der Waals surface area contributed by atoms with Gasteiger partial charge in [0.05, 0.1) is 20.1 Å². The molecule has 1 N–H and O–H groups in total. The molecule has 19 heavy (non-hydrogen) atoms. The van der Waals surface area contributed by atoms with Gasteiger partial charge in [-0.25, -0.2) is 0 Å². The Morgan fingerprint density at radius 1 is 1.37 bits per heavy atom. The van der Waals surface area contributed by atoms with E-state index in [0.29, 0.717) is 6.54 Å². The summed E-state index contributed by atoms with van der Waals surface area (Å²) < 4.78 is 10.1. The summed E-state index contributed by atoms with van der Waals surface area (Å²) in [5, 5.41) is 3.25. The molecule has 0 aliphatic carbocycles. The maximum Gasteiger partial charge on any atom is 0.310 e. The van der Waals surface area contributed by atoms with Gasteiger partial charge in [-0.1, -0.05) is 12.1 Å². The molecule has 0 bridgehead atoms. The van der Waals surface area contributed by atoms with Crippen LogP contribution in [0.15, 0.2) is 24.3 Å². The van der Waals surface area contributed by atoms with E-state index in [2.05, 4.69) is 11.4 Å². The molecule has 106 valence electrons. The van der Waals surface area contributed by atoms with E-state index in [1.165, 1.54) is 7.11 Å². The molecule has 1 aliphatic heterocycles. The van der Waals surface area contributed by atoms with Gasteiger partial charge in [0, 0.05) is 6.54 Å². The lowest BCUT2D eigenvalue weighted by Crippen LogP contribution is -2.40. The summed E-state index contributed by atoms with van der Waals surface area (Å²) in [6.45, 7) is 1.60. The monoisotopic (exact) mass is 285 g/mol. The Balaban J connectivity index is 0.00000180. The predicted octanol–water partition coefficient (Wildman–Crippen LogP) is 1.98. The van der Waals surface area contributed by atoms with Gasteiger partial charge >= 0.3 is 5.97 Å². The maximum atomic E-state index is 11.8. The highest BCUT2D eigenvalue weighted by atomic mass is 35.5. The Hall–Kier alpha value is -1.26. The fourth-order valence-electron chi connectivity index (χ4n) is 2.53. The van der Waals surface area contributed by atoms with Crippen LogP contribution in [-0.4, -0.2) is 33.3 Å². The number of hydrogen-bond acceptors (Lipinski definition) is 4. The second-order valence-electron chi connectivity index (χ2n) is 4.51. The molecule has 5 heteroatoms. The molecule has 2 rings (SSSR count). The van der Waals surface area contributed by atoms with Crippen molar-refractivity contribution in [3.05, 3.63) is 29.8 Å². The second kappa shape index (κ2) is 7.36. The minimum absolute atomic E-state index is 0. The number of ether oxygens (including phenoxy) is 2. The van der Waals surface area contributed by atoms with Crippen molar-refractivity contribution in [2.45, 2.75) is 12.3 Å². The molecule has 2 unspecified atom stereocenters. The molecule has 1 heterocycles. The van der Waals surface area contributed by atoms with E-state index in [1.54, 1.807) is 7.11 Å². The maximum absolute atomic E-state index is 11.8. The highest BCUT2D eigenvalue weighted by Gasteiger charge is 2.32. The third-order valence-corrected chi connectivity index (χ3v) is 3.51. The summed E-state index contributed by atoms with van der Waals surface area (Å²) in [5.74, 6) is 0.773. The van der Waals surface area contributed by atoms with Crippen molar-refractivity contribution >= 4 is 18.4 Å². The molecule has 0 spiro atoms. The zero-order valence-corrected chi connectivity index (χ0v) is 12.0. The molecule has 1 fully saturated rings. The molecular formula is C14H20ClNO3. The van der Waals surface area contributed by atoms with E-state index in [0.717, 1.165) is 24.3 Å². The van der Waals surface area contributed by atoms with E-state index in [1.807, 2.05) is 18.2 Å². The lowest BCUT2D eigenvalue weighted by atomic mass is 9.81. The molecule has 0 saturated carbocycles. The summed E-state index contributed by atoms with van der Waals surface area (Å²) in [4.78, 5) is 11.8. The Bertz CT molecular complexity index is 425. The van der Waals surface area contributed by atoms with Crippen molar-refractivity contribution in [3.8, 4) is 5.75 Å². The van der Waals surface area contributed by atoms with Crippen LogP contribution in [0, 0.1) is 5.92 Å². The van der Waals surface area contributed by atoms with Crippen molar-refractivity contribution < 1.29 is 14.3 Å². The fourth-order valence-corrected chi connectivity index (χ4v) is 2.53. The van der Waals surface area contributed by atoms with Crippen LogP contribution in [0.4, 0.5) is 0 Å². The topological polar surface area (TPSA) is 47.6 Å². The highest BCUT2D eigenvalue weighted by molar-refractivity contribution is 5.85. The van der Waals surface area contributed by atoms with Crippen LogP contribution in [0.5, 0.6) is 5.75 Å². The third-order valence-electron chi connectivity index (χ3n) is 3.51. The quantitative estimate of drug-likeness (QED) is 0.863. The van der Waals surface area contributed by atoms with Gasteiger partial charge in [0.2, 0.25) is 0 Å². The predicted molar refractivity (Wildman–Crippen MR) is 76.0 cm³/mol. The molecule has 2 atom stereocenters. The van der Waals surface area contributed by atoms with Gasteiger partial charge in [-0.2, -0.15) is 0 Å². The largest absolute Gasteiger partial charge is 0.497 e. The Kier molecular flexibility index (Phi) is 6.12. The number of carbonyl (C=O) groups excluding carboxylic acids is 1. The van der Waals surface area contributed by atoms with Crippen molar-refractivity contribution in [1.82, 2.24) is 5.32 Å². The van der Waals surface area contributed by atoms with Gasteiger partial charge in [-0.05, 0) is 36.6 Å². The molecule has 1 saturated heterocycles. The lowest BCUT2D eigenvalue weighted by Gasteiger charge is -2.30. The minimum atomic E-state index is -0.144. The van der Waals surface area contributed by atoms with Crippen LogP contribution >= 0.6 is 12.4 Å². The third kappa shape index (κ3) is 3.61. The first-order chi connectivity index (χ1) is 8.76. The Labute approximate surface area is 119 Å². The molecule has 4 nitrogen and oxygen atoms in total. The number of hydrogen-bond donors (Lipinski definition) is 1. The summed E-state index contributed by atoms with van der Waals surface area (Å²) in [5.41, 5.74) is 1.14. The number of methoxy groups -OCH3 is 2. The van der Waals surface area contributed by atoms with Gasteiger partial charge in [-0.15, -0.1) is 12.4 Å². The number of halogens is 1. The summed E-state index contributed by atoms with van der Waals surface area (Å²) >= 11 is 0. The molecular weight excluding hydrogens is 266 g/mol. The Morgan fingerprint density at radius 3 is 2.84 bits per heavy atom. The van der Waals surface area contributed by atoms with E-state index < -0.39 is 0 Å². The van der Waals surface area contributed by atoms with Gasteiger partial charge in [0.1, 0.15) is 5.75 Å². The number of rotatable bonds is 3. The van der Waals surface area contributed by atoms with E-state index >= 15 is 0 Å². The Morgan fingerprint density at radius 2 is 2.16 bits per heavy atom. The number of piperidine rings is 1.